The maximum atomic E-state index is 15.9. The molecule has 3 rings (SSSR count). The Labute approximate surface area is 176 Å². The standard InChI is InChI=1S/C22H33FO7/c1-8-18(5)11-13(25)22(28)19(6)15(17(3,4)9-10-21(19,23)27)14(26)16(29-12(2)24)20(22,7)30-18/h8,14-16,26-28H,1,9-11H2,2-7H3. The number of carbonyl (C=O) groups is 2. The van der Waals surface area contributed by atoms with E-state index < -0.39 is 63.4 Å². The Hall–Kier alpha value is -1.35. The quantitative estimate of drug-likeness (QED) is 0.454. The predicted molar refractivity (Wildman–Crippen MR) is 105 cm³/mol. The third kappa shape index (κ3) is 2.57. The zero-order valence-corrected chi connectivity index (χ0v) is 18.5. The molecule has 0 radical (unpaired) electrons. The maximum Gasteiger partial charge on any atom is 0.303 e. The van der Waals surface area contributed by atoms with Gasteiger partial charge in [-0.15, -0.1) is 6.58 Å². The Morgan fingerprint density at radius 3 is 2.30 bits per heavy atom. The summed E-state index contributed by atoms with van der Waals surface area (Å²) in [5.41, 5.74) is -8.81. The number of halogens is 1. The highest BCUT2D eigenvalue weighted by Crippen LogP contribution is 2.70. The lowest BCUT2D eigenvalue weighted by atomic mass is 9.39. The summed E-state index contributed by atoms with van der Waals surface area (Å²) in [6.07, 6.45) is -2.06. The van der Waals surface area contributed by atoms with Gasteiger partial charge in [0.15, 0.2) is 17.5 Å². The minimum atomic E-state index is -2.98. The summed E-state index contributed by atoms with van der Waals surface area (Å²) in [6, 6.07) is 0. The van der Waals surface area contributed by atoms with Gasteiger partial charge in [0, 0.05) is 25.7 Å². The number of ketones is 1. The zero-order valence-electron chi connectivity index (χ0n) is 18.5. The van der Waals surface area contributed by atoms with Crippen molar-refractivity contribution in [3.8, 4) is 0 Å². The summed E-state index contributed by atoms with van der Waals surface area (Å²) in [5, 5.41) is 34.4. The summed E-state index contributed by atoms with van der Waals surface area (Å²) in [6.45, 7) is 12.5. The summed E-state index contributed by atoms with van der Waals surface area (Å²) in [7, 11) is 0. The van der Waals surface area contributed by atoms with E-state index in [9.17, 15) is 24.9 Å². The van der Waals surface area contributed by atoms with Crippen molar-refractivity contribution in [2.45, 2.75) is 95.7 Å². The minimum Gasteiger partial charge on any atom is -0.457 e. The van der Waals surface area contributed by atoms with Crippen molar-refractivity contribution in [3.63, 3.8) is 0 Å². The predicted octanol–water partition coefficient (Wildman–Crippen LogP) is 1.82. The van der Waals surface area contributed by atoms with E-state index in [-0.39, 0.29) is 19.3 Å². The Bertz CT molecular complexity index is 794. The molecule has 3 aliphatic rings. The van der Waals surface area contributed by atoms with E-state index in [1.54, 1.807) is 20.8 Å². The van der Waals surface area contributed by atoms with E-state index >= 15 is 4.39 Å². The fourth-order valence-corrected chi connectivity index (χ4v) is 6.59. The van der Waals surface area contributed by atoms with Crippen LogP contribution < -0.4 is 0 Å². The minimum absolute atomic E-state index is 0.191. The third-order valence-electron chi connectivity index (χ3n) is 8.11. The van der Waals surface area contributed by atoms with Crippen LogP contribution in [0.15, 0.2) is 12.7 Å². The highest BCUT2D eigenvalue weighted by molar-refractivity contribution is 5.92. The van der Waals surface area contributed by atoms with Crippen molar-refractivity contribution in [3.05, 3.63) is 12.7 Å². The monoisotopic (exact) mass is 428 g/mol. The number of ether oxygens (including phenoxy) is 2. The van der Waals surface area contributed by atoms with Crippen LogP contribution in [-0.2, 0) is 19.1 Å². The molecule has 1 heterocycles. The van der Waals surface area contributed by atoms with Gasteiger partial charge in [0.1, 0.15) is 5.60 Å². The lowest BCUT2D eigenvalue weighted by molar-refractivity contribution is -0.404. The number of aliphatic hydroxyl groups is 3. The molecule has 1 saturated heterocycles. The van der Waals surface area contributed by atoms with E-state index in [0.29, 0.717) is 0 Å². The van der Waals surface area contributed by atoms with Crippen LogP contribution in [0.25, 0.3) is 0 Å². The first-order valence-corrected chi connectivity index (χ1v) is 10.3. The summed E-state index contributed by atoms with van der Waals surface area (Å²) >= 11 is 0. The second-order valence-electron chi connectivity index (χ2n) is 10.5. The molecular weight excluding hydrogens is 395 g/mol. The number of hydrogen-bond acceptors (Lipinski definition) is 7. The number of Topliss-reactive ketones (excluding diaryl/α,β-unsaturated/α-hetero) is 1. The molecule has 2 aliphatic carbocycles. The molecule has 0 bridgehead atoms. The van der Waals surface area contributed by atoms with Crippen LogP contribution in [0.4, 0.5) is 4.39 Å². The summed E-state index contributed by atoms with van der Waals surface area (Å²) < 4.78 is 27.4. The molecule has 8 unspecified atom stereocenters. The van der Waals surface area contributed by atoms with Gasteiger partial charge in [0.05, 0.1) is 17.1 Å². The van der Waals surface area contributed by atoms with Crippen LogP contribution in [0.5, 0.6) is 0 Å². The summed E-state index contributed by atoms with van der Waals surface area (Å²) in [4.78, 5) is 25.5. The average molecular weight is 428 g/mol. The first-order chi connectivity index (χ1) is 13.4. The fourth-order valence-electron chi connectivity index (χ4n) is 6.59. The maximum absolute atomic E-state index is 15.9. The average Bonchev–Trinajstić information content (AvgIpc) is 2.60. The van der Waals surface area contributed by atoms with Crippen LogP contribution in [0.2, 0.25) is 0 Å². The SMILES string of the molecule is C=CC1(C)CC(=O)C2(O)C(C)(O1)C(OC(C)=O)C(O)C1C(C)(C)CCC(O)(F)C12C. The number of fused-ring (bicyclic) bond motifs is 3. The Morgan fingerprint density at radius 2 is 1.80 bits per heavy atom. The highest BCUT2D eigenvalue weighted by Gasteiger charge is 2.84. The van der Waals surface area contributed by atoms with Gasteiger partial charge in [-0.05, 0) is 25.7 Å². The summed E-state index contributed by atoms with van der Waals surface area (Å²) in [5.74, 6) is -5.61. The van der Waals surface area contributed by atoms with Crippen LogP contribution in [0.3, 0.4) is 0 Å². The first-order valence-electron chi connectivity index (χ1n) is 10.3. The van der Waals surface area contributed by atoms with Crippen LogP contribution in [0.1, 0.15) is 60.8 Å². The number of rotatable bonds is 2. The Kier molecular flexibility index (Phi) is 4.93. The van der Waals surface area contributed by atoms with Crippen LogP contribution >= 0.6 is 0 Å². The molecule has 0 aromatic carbocycles. The molecule has 0 aromatic heterocycles. The largest absolute Gasteiger partial charge is 0.457 e. The lowest BCUT2D eigenvalue weighted by Crippen LogP contribution is -2.88. The van der Waals surface area contributed by atoms with Gasteiger partial charge in [-0.25, -0.2) is 4.39 Å². The van der Waals surface area contributed by atoms with Gasteiger partial charge in [-0.3, -0.25) is 9.59 Å². The third-order valence-corrected chi connectivity index (χ3v) is 8.11. The van der Waals surface area contributed by atoms with Crippen LogP contribution in [0, 0.1) is 16.7 Å². The molecule has 2 saturated carbocycles. The molecule has 30 heavy (non-hydrogen) atoms. The normalized spacial score (nSPS) is 52.7. The second-order valence-corrected chi connectivity index (χ2v) is 10.5. The lowest BCUT2D eigenvalue weighted by Gasteiger charge is -2.71. The molecular formula is C22H33FO7. The van der Waals surface area contributed by atoms with E-state index in [1.807, 2.05) is 0 Å². The molecule has 1 aliphatic heterocycles. The van der Waals surface area contributed by atoms with Crippen molar-refractivity contribution in [2.24, 2.45) is 16.7 Å². The Balaban J connectivity index is 2.38. The first kappa shape index (κ1) is 23.3. The smallest absolute Gasteiger partial charge is 0.303 e. The van der Waals surface area contributed by atoms with Crippen molar-refractivity contribution in [1.29, 1.82) is 0 Å². The number of alkyl halides is 1. The number of carbonyl (C=O) groups excluding carboxylic acids is 2. The molecule has 170 valence electrons. The van der Waals surface area contributed by atoms with Crippen molar-refractivity contribution in [1.82, 2.24) is 0 Å². The number of hydrogen-bond donors (Lipinski definition) is 3. The molecule has 0 spiro atoms. The van der Waals surface area contributed by atoms with Gasteiger partial charge >= 0.3 is 5.97 Å². The highest BCUT2D eigenvalue weighted by atomic mass is 19.2. The number of esters is 1. The molecule has 3 N–H and O–H groups in total. The van der Waals surface area contributed by atoms with Gasteiger partial charge in [0.25, 0.3) is 0 Å². The molecule has 3 fully saturated rings. The van der Waals surface area contributed by atoms with Crippen molar-refractivity contribution in [2.75, 3.05) is 0 Å². The fraction of sp³-hybridized carbons (Fsp3) is 0.818. The van der Waals surface area contributed by atoms with Gasteiger partial charge in [-0.2, -0.15) is 0 Å². The van der Waals surface area contributed by atoms with Gasteiger partial charge in [-0.1, -0.05) is 26.8 Å². The van der Waals surface area contributed by atoms with E-state index in [4.69, 9.17) is 9.47 Å². The molecule has 0 amide bonds. The van der Waals surface area contributed by atoms with Gasteiger partial charge in [0.2, 0.25) is 5.85 Å². The van der Waals surface area contributed by atoms with Crippen molar-refractivity contribution >= 4 is 11.8 Å². The topological polar surface area (TPSA) is 113 Å². The Morgan fingerprint density at radius 1 is 1.23 bits per heavy atom. The molecule has 8 atom stereocenters. The van der Waals surface area contributed by atoms with Gasteiger partial charge < -0.3 is 24.8 Å². The molecule has 7 nitrogen and oxygen atoms in total. The zero-order chi connectivity index (χ0) is 23.1. The molecule has 0 aromatic rings. The van der Waals surface area contributed by atoms with E-state index in [0.717, 1.165) is 6.92 Å². The van der Waals surface area contributed by atoms with Crippen molar-refractivity contribution < 1.29 is 38.8 Å². The second kappa shape index (κ2) is 6.34. The van der Waals surface area contributed by atoms with Crippen LogP contribution in [-0.4, -0.2) is 61.9 Å². The van der Waals surface area contributed by atoms with E-state index in [2.05, 4.69) is 6.58 Å². The molecule has 8 heteroatoms. The number of aliphatic hydroxyl groups excluding tert-OH is 1. The van der Waals surface area contributed by atoms with E-state index in [1.165, 1.54) is 19.9 Å².